The molecule has 4 bridgehead atoms. The van der Waals surface area contributed by atoms with Crippen molar-refractivity contribution in [3.63, 3.8) is 0 Å². The fourth-order valence-corrected chi connectivity index (χ4v) is 8.16. The van der Waals surface area contributed by atoms with Crippen LogP contribution < -0.4 is 5.30 Å². The molecule has 0 heterocycles. The van der Waals surface area contributed by atoms with Gasteiger partial charge in [0.1, 0.15) is 0 Å². The van der Waals surface area contributed by atoms with Gasteiger partial charge in [-0.25, -0.2) is 0 Å². The van der Waals surface area contributed by atoms with Crippen LogP contribution in [0.3, 0.4) is 0 Å². The van der Waals surface area contributed by atoms with Crippen molar-refractivity contribution in [1.82, 2.24) is 0 Å². The Balaban J connectivity index is 1.67. The van der Waals surface area contributed by atoms with Crippen LogP contribution in [0.15, 0.2) is 30.3 Å². The molecule has 0 spiro atoms. The highest BCUT2D eigenvalue weighted by molar-refractivity contribution is 7.66. The molecule has 18 heavy (non-hydrogen) atoms. The second-order valence-electron chi connectivity index (χ2n) is 7.04. The maximum atomic E-state index is 2.57. The third-order valence-electron chi connectivity index (χ3n) is 5.86. The molecule has 0 amide bonds. The van der Waals surface area contributed by atoms with Crippen LogP contribution in [-0.2, 0) is 0 Å². The van der Waals surface area contributed by atoms with Crippen molar-refractivity contribution in [3.8, 4) is 0 Å². The minimum atomic E-state index is 0.0502. The van der Waals surface area contributed by atoms with E-state index in [9.17, 15) is 0 Å². The Bertz CT molecular complexity index is 401. The molecule has 1 aromatic carbocycles. The lowest BCUT2D eigenvalue weighted by Gasteiger charge is -2.59. The Morgan fingerprint density at radius 1 is 0.889 bits per heavy atom. The van der Waals surface area contributed by atoms with E-state index in [2.05, 4.69) is 37.0 Å². The molecule has 1 heteroatoms. The topological polar surface area (TPSA) is 0 Å². The van der Waals surface area contributed by atoms with Gasteiger partial charge in [0.15, 0.2) is 0 Å². The molecule has 4 fully saturated rings. The van der Waals surface area contributed by atoms with Gasteiger partial charge in [-0.1, -0.05) is 38.3 Å². The molecule has 96 valence electrons. The standard InChI is InChI=1S/C17H23P/c1-18(16-5-3-2-4-6-16)17-10-13-7-14(11-17)9-15(8-13)12-17/h2-6,13-15H,7-12H2,1H3/t13?,14?,15?,17?,18-/m0/s1. The van der Waals surface area contributed by atoms with Gasteiger partial charge in [-0.15, -0.1) is 0 Å². The van der Waals surface area contributed by atoms with E-state index >= 15 is 0 Å². The average molecular weight is 258 g/mol. The van der Waals surface area contributed by atoms with E-state index in [-0.39, 0.29) is 7.92 Å². The van der Waals surface area contributed by atoms with Crippen molar-refractivity contribution in [3.05, 3.63) is 30.3 Å². The minimum Gasteiger partial charge on any atom is -0.0721 e. The summed E-state index contributed by atoms with van der Waals surface area (Å²) >= 11 is 0. The molecule has 4 aliphatic rings. The predicted octanol–water partition coefficient (Wildman–Crippen LogP) is 4.39. The van der Waals surface area contributed by atoms with Gasteiger partial charge in [0.25, 0.3) is 0 Å². The molecule has 4 saturated carbocycles. The van der Waals surface area contributed by atoms with E-state index in [4.69, 9.17) is 0 Å². The lowest BCUT2D eigenvalue weighted by Crippen LogP contribution is -2.50. The summed E-state index contributed by atoms with van der Waals surface area (Å²) < 4.78 is 0. The van der Waals surface area contributed by atoms with E-state index in [1.807, 2.05) is 0 Å². The van der Waals surface area contributed by atoms with Crippen LogP contribution in [0.4, 0.5) is 0 Å². The van der Waals surface area contributed by atoms with Gasteiger partial charge < -0.3 is 0 Å². The summed E-state index contributed by atoms with van der Waals surface area (Å²) in [6.07, 6.45) is 9.36. The molecule has 1 atom stereocenters. The van der Waals surface area contributed by atoms with Crippen LogP contribution in [0.25, 0.3) is 0 Å². The van der Waals surface area contributed by atoms with Crippen molar-refractivity contribution in [2.24, 2.45) is 17.8 Å². The molecule has 0 saturated heterocycles. The quantitative estimate of drug-likeness (QED) is 0.690. The maximum absolute atomic E-state index is 2.57. The summed E-state index contributed by atoms with van der Waals surface area (Å²) in [5.41, 5.74) is 0. The normalized spacial score (nSPS) is 43.1. The first-order valence-corrected chi connectivity index (χ1v) is 9.33. The van der Waals surface area contributed by atoms with Crippen molar-refractivity contribution >= 4 is 13.2 Å². The Kier molecular flexibility index (Phi) is 2.60. The number of benzene rings is 1. The third kappa shape index (κ3) is 1.68. The highest BCUT2D eigenvalue weighted by atomic mass is 31.1. The Morgan fingerprint density at radius 2 is 1.39 bits per heavy atom. The van der Waals surface area contributed by atoms with Crippen LogP contribution in [0.5, 0.6) is 0 Å². The molecule has 4 aliphatic carbocycles. The molecule has 0 unspecified atom stereocenters. The van der Waals surface area contributed by atoms with Gasteiger partial charge >= 0.3 is 0 Å². The molecule has 0 N–H and O–H groups in total. The summed E-state index contributed by atoms with van der Waals surface area (Å²) in [6.45, 7) is 2.57. The largest absolute Gasteiger partial charge is 0.0721 e. The first-order valence-electron chi connectivity index (χ1n) is 7.54. The number of hydrogen-bond donors (Lipinski definition) is 0. The monoisotopic (exact) mass is 258 g/mol. The van der Waals surface area contributed by atoms with Crippen molar-refractivity contribution in [1.29, 1.82) is 0 Å². The predicted molar refractivity (Wildman–Crippen MR) is 79.8 cm³/mol. The Morgan fingerprint density at radius 3 is 1.89 bits per heavy atom. The SMILES string of the molecule is C[P@@](c1ccccc1)C12CC3CC(CC(C3)C1)C2. The molecule has 0 aromatic heterocycles. The fourth-order valence-electron chi connectivity index (χ4n) is 5.40. The third-order valence-corrected chi connectivity index (χ3v) is 8.90. The van der Waals surface area contributed by atoms with E-state index < -0.39 is 0 Å². The van der Waals surface area contributed by atoms with Gasteiger partial charge in [0.05, 0.1) is 0 Å². The Hall–Kier alpha value is -0.350. The van der Waals surface area contributed by atoms with Gasteiger partial charge in [0.2, 0.25) is 0 Å². The second-order valence-corrected chi connectivity index (χ2v) is 9.62. The highest BCUT2D eigenvalue weighted by Gasteiger charge is 2.53. The molecule has 1 aromatic rings. The van der Waals surface area contributed by atoms with Gasteiger partial charge in [-0.3, -0.25) is 0 Å². The zero-order chi connectivity index (χ0) is 12.2. The highest BCUT2D eigenvalue weighted by Crippen LogP contribution is 2.66. The van der Waals surface area contributed by atoms with E-state index in [1.54, 1.807) is 43.8 Å². The molecule has 5 rings (SSSR count). The smallest absolute Gasteiger partial charge is 0.00489 e. The summed E-state index contributed by atoms with van der Waals surface area (Å²) in [4.78, 5) is 0. The van der Waals surface area contributed by atoms with E-state index in [1.165, 1.54) is 0 Å². The molecular weight excluding hydrogens is 235 g/mol. The first kappa shape index (κ1) is 11.5. The number of rotatable bonds is 2. The maximum Gasteiger partial charge on any atom is -0.00489 e. The van der Waals surface area contributed by atoms with Crippen molar-refractivity contribution in [2.45, 2.75) is 43.7 Å². The minimum absolute atomic E-state index is 0.0502. The van der Waals surface area contributed by atoms with Crippen LogP contribution in [0, 0.1) is 17.8 Å². The van der Waals surface area contributed by atoms with Crippen LogP contribution in [0.1, 0.15) is 38.5 Å². The van der Waals surface area contributed by atoms with Gasteiger partial charge in [-0.05, 0) is 73.4 Å². The van der Waals surface area contributed by atoms with Crippen molar-refractivity contribution in [2.75, 3.05) is 6.66 Å². The molecular formula is C17H23P. The summed E-state index contributed by atoms with van der Waals surface area (Å²) in [5.74, 6) is 3.26. The first-order chi connectivity index (χ1) is 8.75. The fraction of sp³-hybridized carbons (Fsp3) is 0.647. The summed E-state index contributed by atoms with van der Waals surface area (Å²) in [7, 11) is 0.0502. The van der Waals surface area contributed by atoms with E-state index in [0.29, 0.717) is 0 Å². The number of hydrogen-bond acceptors (Lipinski definition) is 0. The Labute approximate surface area is 112 Å². The zero-order valence-corrected chi connectivity index (χ0v) is 12.2. The lowest BCUT2D eigenvalue weighted by atomic mass is 9.56. The summed E-state index contributed by atoms with van der Waals surface area (Å²) in [5, 5.41) is 2.38. The van der Waals surface area contributed by atoms with Crippen LogP contribution in [-0.4, -0.2) is 11.8 Å². The lowest BCUT2D eigenvalue weighted by molar-refractivity contribution is 0.0362. The van der Waals surface area contributed by atoms with Crippen LogP contribution >= 0.6 is 7.92 Å². The average Bonchev–Trinajstić information content (AvgIpc) is 2.37. The molecule has 0 nitrogen and oxygen atoms in total. The van der Waals surface area contributed by atoms with Gasteiger partial charge in [-0.2, -0.15) is 0 Å². The molecule has 0 aliphatic heterocycles. The van der Waals surface area contributed by atoms with Gasteiger partial charge in [0, 0.05) is 0 Å². The molecule has 0 radical (unpaired) electrons. The van der Waals surface area contributed by atoms with Crippen LogP contribution in [0.2, 0.25) is 0 Å². The van der Waals surface area contributed by atoms with E-state index in [0.717, 1.165) is 22.9 Å². The second kappa shape index (κ2) is 4.07. The summed E-state index contributed by atoms with van der Waals surface area (Å²) in [6, 6.07) is 11.4. The zero-order valence-electron chi connectivity index (χ0n) is 11.3. The van der Waals surface area contributed by atoms with Crippen molar-refractivity contribution < 1.29 is 0 Å².